The Labute approximate surface area is 173 Å². The van der Waals surface area contributed by atoms with Gasteiger partial charge in [-0.3, -0.25) is 4.55 Å². The Morgan fingerprint density at radius 3 is 2.13 bits per heavy atom. The molecule has 0 spiro atoms. The van der Waals surface area contributed by atoms with Gasteiger partial charge in [0.15, 0.2) is 12.6 Å². The highest BCUT2D eigenvalue weighted by molar-refractivity contribution is 7.80. The lowest BCUT2D eigenvalue weighted by atomic mass is 9.89. The van der Waals surface area contributed by atoms with Gasteiger partial charge in [-0.2, -0.15) is 8.42 Å². The van der Waals surface area contributed by atoms with Gasteiger partial charge in [-0.15, -0.1) is 0 Å². The van der Waals surface area contributed by atoms with Crippen LogP contribution in [0.2, 0.25) is 0 Å². The van der Waals surface area contributed by atoms with E-state index in [9.17, 15) is 23.7 Å². The molecular weight excluding hydrogens is 436 g/mol. The molecule has 2 fully saturated rings. The first-order valence-electron chi connectivity index (χ1n) is 9.16. The first kappa shape index (κ1) is 25.7. The van der Waals surface area contributed by atoms with Gasteiger partial charge in [0.05, 0.1) is 6.10 Å². The van der Waals surface area contributed by atoms with Crippen LogP contribution in [0.4, 0.5) is 0 Å². The van der Waals surface area contributed by atoms with Crippen molar-refractivity contribution >= 4 is 10.4 Å². The molecule has 2 heterocycles. The van der Waals surface area contributed by atoms with Crippen LogP contribution >= 0.6 is 0 Å². The van der Waals surface area contributed by atoms with Crippen molar-refractivity contribution in [1.29, 1.82) is 0 Å². The van der Waals surface area contributed by atoms with Crippen LogP contribution < -0.4 is 0 Å². The van der Waals surface area contributed by atoms with Gasteiger partial charge in [0.1, 0.15) is 43.2 Å². The molecule has 10 atom stereocenters. The summed E-state index contributed by atoms with van der Waals surface area (Å²) in [7, 11) is -3.57. The maximum absolute atomic E-state index is 11.1. The molecule has 0 aromatic carbocycles. The Bertz CT molecular complexity index is 629. The second kappa shape index (κ2) is 10.9. The predicted molar refractivity (Wildman–Crippen MR) is 92.8 cm³/mol. The third-order valence-electron chi connectivity index (χ3n) is 5.10. The Morgan fingerprint density at radius 1 is 0.967 bits per heavy atom. The van der Waals surface area contributed by atoms with E-state index in [1.165, 1.54) is 14.0 Å². The lowest BCUT2D eigenvalue weighted by Crippen LogP contribution is -2.63. The Kier molecular flexibility index (Phi) is 9.32. The fraction of sp³-hybridized carbons (Fsp3) is 1.00. The van der Waals surface area contributed by atoms with Crippen molar-refractivity contribution in [2.75, 3.05) is 13.7 Å². The molecule has 0 radical (unpaired) electrons. The molecule has 0 saturated carbocycles. The third-order valence-corrected chi connectivity index (χ3v) is 5.56. The average Bonchev–Trinajstić information content (AvgIpc) is 2.69. The maximum Gasteiger partial charge on any atom is 0.397 e. The monoisotopic (exact) mass is 464 g/mol. The summed E-state index contributed by atoms with van der Waals surface area (Å²) in [6, 6.07) is 0. The van der Waals surface area contributed by atoms with E-state index in [-0.39, 0.29) is 6.42 Å². The summed E-state index contributed by atoms with van der Waals surface area (Å²) in [6.07, 6.45) is -11.5. The lowest BCUT2D eigenvalue weighted by molar-refractivity contribution is -0.499. The average molecular weight is 464 g/mol. The van der Waals surface area contributed by atoms with Crippen LogP contribution in [-0.4, -0.2) is 103 Å². The molecule has 2 aliphatic rings. The SMILES string of the molecule is CCC1O[C@@H](O[C@H]2C(COOO)O[C@@H](OC)C(O)[C@H]2O)C(O)[C@@H](C)[C@H]1OS(=O)(=O)O. The quantitative estimate of drug-likeness (QED) is 0.145. The molecule has 0 aromatic heterocycles. The molecule has 0 amide bonds. The molecule has 178 valence electrons. The highest BCUT2D eigenvalue weighted by Crippen LogP contribution is 2.34. The smallest absolute Gasteiger partial charge is 0.387 e. The van der Waals surface area contributed by atoms with Gasteiger partial charge < -0.3 is 34.3 Å². The Morgan fingerprint density at radius 2 is 1.60 bits per heavy atom. The summed E-state index contributed by atoms with van der Waals surface area (Å²) in [5, 5.41) is 43.1. The second-order valence-electron chi connectivity index (χ2n) is 7.01. The van der Waals surface area contributed by atoms with Crippen LogP contribution in [0.3, 0.4) is 0 Å². The number of hydrogen-bond donors (Lipinski definition) is 5. The first-order valence-corrected chi connectivity index (χ1v) is 10.5. The van der Waals surface area contributed by atoms with Gasteiger partial charge >= 0.3 is 10.4 Å². The molecule has 15 heteroatoms. The van der Waals surface area contributed by atoms with E-state index in [0.29, 0.717) is 0 Å². The fourth-order valence-electron chi connectivity index (χ4n) is 3.50. The van der Waals surface area contributed by atoms with E-state index in [1.807, 2.05) is 0 Å². The van der Waals surface area contributed by atoms with Crippen molar-refractivity contribution in [3.63, 3.8) is 0 Å². The molecule has 4 unspecified atom stereocenters. The third kappa shape index (κ3) is 6.04. The zero-order valence-electron chi connectivity index (χ0n) is 16.5. The first-order chi connectivity index (χ1) is 14.0. The van der Waals surface area contributed by atoms with Crippen molar-refractivity contribution in [2.45, 2.75) is 75.6 Å². The van der Waals surface area contributed by atoms with E-state index in [2.05, 4.69) is 14.1 Å². The summed E-state index contributed by atoms with van der Waals surface area (Å²) in [4.78, 5) is 4.42. The minimum atomic E-state index is -4.80. The highest BCUT2D eigenvalue weighted by atomic mass is 32.3. The van der Waals surface area contributed by atoms with E-state index < -0.39 is 78.2 Å². The van der Waals surface area contributed by atoms with Crippen molar-refractivity contribution in [3.05, 3.63) is 0 Å². The van der Waals surface area contributed by atoms with E-state index in [4.69, 9.17) is 28.8 Å². The summed E-state index contributed by atoms with van der Waals surface area (Å²) >= 11 is 0. The van der Waals surface area contributed by atoms with Gasteiger partial charge in [-0.05, 0) is 6.42 Å². The standard InChI is InChI=1S/C15H28O14S/c1-4-7-12(28-30(20,21)22)6(2)9(16)15(25-7)27-13-8(5-24-29-19)26-14(23-3)11(18)10(13)17/h6-19H,4-5H2,1-3H3,(H,20,21,22)/t6-,7?,8?,9?,10-,11?,12-,13+,14-,15+/m1/s1. The lowest BCUT2D eigenvalue weighted by Gasteiger charge is -2.46. The maximum atomic E-state index is 11.1. The molecule has 2 saturated heterocycles. The number of aliphatic hydroxyl groups is 3. The molecule has 2 rings (SSSR count). The Balaban J connectivity index is 2.19. The molecular formula is C15H28O14S. The molecule has 30 heavy (non-hydrogen) atoms. The molecule has 14 nitrogen and oxygen atoms in total. The summed E-state index contributed by atoms with van der Waals surface area (Å²) in [6.45, 7) is 2.67. The minimum Gasteiger partial charge on any atom is -0.387 e. The number of methoxy groups -OCH3 is 1. The van der Waals surface area contributed by atoms with Crippen molar-refractivity contribution in [3.8, 4) is 0 Å². The number of ether oxygens (including phenoxy) is 4. The predicted octanol–water partition coefficient (Wildman–Crippen LogP) is -1.79. The van der Waals surface area contributed by atoms with Crippen LogP contribution in [0.15, 0.2) is 0 Å². The van der Waals surface area contributed by atoms with E-state index >= 15 is 0 Å². The minimum absolute atomic E-state index is 0.236. The van der Waals surface area contributed by atoms with Crippen LogP contribution in [0, 0.1) is 5.92 Å². The molecule has 0 aliphatic carbocycles. The van der Waals surface area contributed by atoms with Crippen molar-refractivity contribution in [1.82, 2.24) is 0 Å². The highest BCUT2D eigenvalue weighted by Gasteiger charge is 2.51. The van der Waals surface area contributed by atoms with Crippen molar-refractivity contribution in [2.24, 2.45) is 5.92 Å². The van der Waals surface area contributed by atoms with Crippen LogP contribution in [0.1, 0.15) is 20.3 Å². The number of aliphatic hydroxyl groups excluding tert-OH is 3. The fourth-order valence-corrected chi connectivity index (χ4v) is 4.08. The van der Waals surface area contributed by atoms with Crippen molar-refractivity contribution < 1.29 is 66.6 Å². The molecule has 0 bridgehead atoms. The van der Waals surface area contributed by atoms with E-state index in [1.54, 1.807) is 6.92 Å². The van der Waals surface area contributed by atoms with Crippen LogP contribution in [-0.2, 0) is 43.5 Å². The normalized spacial score (nSPS) is 42.9. The zero-order chi connectivity index (χ0) is 22.6. The number of rotatable bonds is 9. The topological polar surface area (TPSA) is 200 Å². The van der Waals surface area contributed by atoms with Gasteiger partial charge in [0, 0.05) is 13.0 Å². The Hall–Kier alpha value is -0.530. The van der Waals surface area contributed by atoms with E-state index in [0.717, 1.165) is 0 Å². The summed E-state index contributed by atoms with van der Waals surface area (Å²) < 4.78 is 57.5. The van der Waals surface area contributed by atoms with Gasteiger partial charge in [0.2, 0.25) is 0 Å². The zero-order valence-corrected chi connectivity index (χ0v) is 17.3. The molecule has 0 aromatic rings. The van der Waals surface area contributed by atoms with Gasteiger partial charge in [-0.1, -0.05) is 18.9 Å². The molecule has 5 N–H and O–H groups in total. The summed E-state index contributed by atoms with van der Waals surface area (Å²) in [5.74, 6) is -0.871. The number of hydrogen-bond acceptors (Lipinski definition) is 13. The van der Waals surface area contributed by atoms with Gasteiger partial charge in [-0.25, -0.2) is 14.3 Å². The van der Waals surface area contributed by atoms with Gasteiger partial charge in [0.25, 0.3) is 0 Å². The second-order valence-corrected chi connectivity index (χ2v) is 8.06. The summed E-state index contributed by atoms with van der Waals surface area (Å²) in [5.41, 5.74) is 0. The largest absolute Gasteiger partial charge is 0.397 e. The molecule has 2 aliphatic heterocycles. The van der Waals surface area contributed by atoms with Crippen LogP contribution in [0.5, 0.6) is 0 Å². The van der Waals surface area contributed by atoms with Crippen LogP contribution in [0.25, 0.3) is 0 Å².